The molecule has 0 N–H and O–H groups in total. The Morgan fingerprint density at radius 2 is 2.10 bits per heavy atom. The number of aromatic nitrogens is 4. The molecular formula is C15H15BrN4O. The fourth-order valence-electron chi connectivity index (χ4n) is 2.17. The first-order valence-corrected chi connectivity index (χ1v) is 7.52. The Labute approximate surface area is 130 Å². The molecule has 0 aliphatic rings. The Hall–Kier alpha value is -1.95. The zero-order chi connectivity index (χ0) is 15.0. The molecule has 1 aromatic carbocycles. The Kier molecular flexibility index (Phi) is 3.63. The van der Waals surface area contributed by atoms with Gasteiger partial charge in [0.05, 0.1) is 29.5 Å². The lowest BCUT2D eigenvalue weighted by molar-refractivity contribution is 0.523. The second-order valence-electron chi connectivity index (χ2n) is 5.22. The summed E-state index contributed by atoms with van der Waals surface area (Å²) in [6.45, 7) is 4.56. The van der Waals surface area contributed by atoms with Crippen LogP contribution in [-0.2, 0) is 6.54 Å². The van der Waals surface area contributed by atoms with Gasteiger partial charge in [-0.1, -0.05) is 15.9 Å². The third-order valence-electron chi connectivity index (χ3n) is 3.31. The number of fused-ring (bicyclic) bond motifs is 1. The van der Waals surface area contributed by atoms with Crippen molar-refractivity contribution in [3.63, 3.8) is 0 Å². The van der Waals surface area contributed by atoms with Gasteiger partial charge in [0.1, 0.15) is 0 Å². The summed E-state index contributed by atoms with van der Waals surface area (Å²) in [6.07, 6.45) is 3.50. The van der Waals surface area contributed by atoms with Crippen molar-refractivity contribution < 1.29 is 0 Å². The molecule has 0 aliphatic heterocycles. The van der Waals surface area contributed by atoms with Crippen LogP contribution in [0.5, 0.6) is 0 Å². The van der Waals surface area contributed by atoms with Gasteiger partial charge in [0.25, 0.3) is 5.56 Å². The predicted molar refractivity (Wildman–Crippen MR) is 85.4 cm³/mol. The van der Waals surface area contributed by atoms with Gasteiger partial charge in [0, 0.05) is 16.7 Å². The summed E-state index contributed by atoms with van der Waals surface area (Å²) in [7, 11) is 0. The Bertz CT molecular complexity index is 850. The van der Waals surface area contributed by atoms with Crippen LogP contribution in [0.15, 0.2) is 46.1 Å². The summed E-state index contributed by atoms with van der Waals surface area (Å²) in [4.78, 5) is 16.8. The highest BCUT2D eigenvalue weighted by molar-refractivity contribution is 9.10. The van der Waals surface area contributed by atoms with Gasteiger partial charge in [-0.2, -0.15) is 5.10 Å². The van der Waals surface area contributed by atoms with Gasteiger partial charge in [0.2, 0.25) is 0 Å². The molecule has 0 atom stereocenters. The van der Waals surface area contributed by atoms with Crippen LogP contribution in [0.1, 0.15) is 25.6 Å². The summed E-state index contributed by atoms with van der Waals surface area (Å²) < 4.78 is 4.38. The van der Waals surface area contributed by atoms with Gasteiger partial charge in [-0.3, -0.25) is 14.0 Å². The molecule has 108 valence electrons. The SMILES string of the molecule is CC(C)n1ccc(Cn2cnc3cc(Br)ccc3c2=O)n1. The molecule has 3 aromatic rings. The Morgan fingerprint density at radius 1 is 1.29 bits per heavy atom. The maximum Gasteiger partial charge on any atom is 0.261 e. The van der Waals surface area contributed by atoms with E-state index in [1.165, 1.54) is 0 Å². The molecule has 0 saturated heterocycles. The van der Waals surface area contributed by atoms with Crippen molar-refractivity contribution in [2.75, 3.05) is 0 Å². The average Bonchev–Trinajstić information content (AvgIpc) is 2.91. The summed E-state index contributed by atoms with van der Waals surface area (Å²) in [5, 5.41) is 5.08. The van der Waals surface area contributed by atoms with Crippen LogP contribution in [0, 0.1) is 0 Å². The van der Waals surface area contributed by atoms with Crippen LogP contribution >= 0.6 is 15.9 Å². The molecule has 6 heteroatoms. The fourth-order valence-corrected chi connectivity index (χ4v) is 2.52. The van der Waals surface area contributed by atoms with Gasteiger partial charge in [-0.25, -0.2) is 4.98 Å². The standard InChI is InChI=1S/C15H15BrN4O/c1-10(2)20-6-5-12(18-20)8-19-9-17-14-7-11(16)3-4-13(14)15(19)21/h3-7,9-10H,8H2,1-2H3. The van der Waals surface area contributed by atoms with E-state index in [1.54, 1.807) is 17.0 Å². The van der Waals surface area contributed by atoms with Gasteiger partial charge < -0.3 is 0 Å². The highest BCUT2D eigenvalue weighted by Crippen LogP contribution is 2.15. The summed E-state index contributed by atoms with van der Waals surface area (Å²) in [5.74, 6) is 0. The largest absolute Gasteiger partial charge is 0.293 e. The van der Waals surface area contributed by atoms with E-state index >= 15 is 0 Å². The zero-order valence-corrected chi connectivity index (χ0v) is 13.4. The van der Waals surface area contributed by atoms with E-state index in [9.17, 15) is 4.79 Å². The Morgan fingerprint density at radius 3 is 2.81 bits per heavy atom. The van der Waals surface area contributed by atoms with Crippen molar-refractivity contribution in [1.29, 1.82) is 0 Å². The molecule has 5 nitrogen and oxygen atoms in total. The van der Waals surface area contributed by atoms with E-state index in [1.807, 2.05) is 29.1 Å². The molecule has 0 aliphatic carbocycles. The lowest BCUT2D eigenvalue weighted by Crippen LogP contribution is -2.21. The molecule has 0 saturated carbocycles. The number of nitrogens with zero attached hydrogens (tertiary/aromatic N) is 4. The molecule has 3 rings (SSSR count). The van der Waals surface area contributed by atoms with Crippen molar-refractivity contribution in [2.24, 2.45) is 0 Å². The smallest absolute Gasteiger partial charge is 0.261 e. The predicted octanol–water partition coefficient (Wildman–Crippen LogP) is 2.98. The fraction of sp³-hybridized carbons (Fsp3) is 0.267. The van der Waals surface area contributed by atoms with E-state index in [-0.39, 0.29) is 5.56 Å². The van der Waals surface area contributed by atoms with Crippen molar-refractivity contribution in [1.82, 2.24) is 19.3 Å². The normalized spacial score (nSPS) is 11.4. The van der Waals surface area contributed by atoms with Crippen molar-refractivity contribution in [3.8, 4) is 0 Å². The van der Waals surface area contributed by atoms with Gasteiger partial charge in [-0.15, -0.1) is 0 Å². The van der Waals surface area contributed by atoms with Gasteiger partial charge >= 0.3 is 0 Å². The van der Waals surface area contributed by atoms with Crippen LogP contribution in [0.4, 0.5) is 0 Å². The first-order valence-electron chi connectivity index (χ1n) is 6.73. The number of halogens is 1. The lowest BCUT2D eigenvalue weighted by atomic mass is 10.2. The molecule has 2 aromatic heterocycles. The molecule has 2 heterocycles. The third-order valence-corrected chi connectivity index (χ3v) is 3.81. The maximum absolute atomic E-state index is 12.5. The van der Waals surface area contributed by atoms with Gasteiger partial charge in [-0.05, 0) is 38.1 Å². The molecular weight excluding hydrogens is 332 g/mol. The van der Waals surface area contributed by atoms with E-state index in [4.69, 9.17) is 0 Å². The molecule has 0 bridgehead atoms. The monoisotopic (exact) mass is 346 g/mol. The van der Waals surface area contributed by atoms with E-state index in [0.29, 0.717) is 23.5 Å². The maximum atomic E-state index is 12.5. The topological polar surface area (TPSA) is 52.7 Å². The molecule has 0 unspecified atom stereocenters. The molecule has 0 fully saturated rings. The van der Waals surface area contributed by atoms with Gasteiger partial charge in [0.15, 0.2) is 0 Å². The number of benzene rings is 1. The molecule has 0 spiro atoms. The van der Waals surface area contributed by atoms with Crippen LogP contribution < -0.4 is 5.56 Å². The minimum Gasteiger partial charge on any atom is -0.293 e. The second kappa shape index (κ2) is 5.44. The number of rotatable bonds is 3. The van der Waals surface area contributed by atoms with E-state index in [0.717, 1.165) is 10.2 Å². The second-order valence-corrected chi connectivity index (χ2v) is 6.14. The van der Waals surface area contributed by atoms with Crippen LogP contribution in [0.3, 0.4) is 0 Å². The van der Waals surface area contributed by atoms with Crippen LogP contribution in [-0.4, -0.2) is 19.3 Å². The highest BCUT2D eigenvalue weighted by Gasteiger charge is 2.07. The first kappa shape index (κ1) is 14.0. The van der Waals surface area contributed by atoms with Crippen molar-refractivity contribution in [2.45, 2.75) is 26.4 Å². The van der Waals surface area contributed by atoms with E-state index in [2.05, 4.69) is 39.9 Å². The summed E-state index contributed by atoms with van der Waals surface area (Å²) in [5.41, 5.74) is 1.49. The molecule has 21 heavy (non-hydrogen) atoms. The quantitative estimate of drug-likeness (QED) is 0.732. The summed E-state index contributed by atoms with van der Waals surface area (Å²) in [6, 6.07) is 7.72. The highest BCUT2D eigenvalue weighted by atomic mass is 79.9. The Balaban J connectivity index is 1.99. The third kappa shape index (κ3) is 2.76. The average molecular weight is 347 g/mol. The van der Waals surface area contributed by atoms with Crippen LogP contribution in [0.25, 0.3) is 10.9 Å². The van der Waals surface area contributed by atoms with Crippen LogP contribution in [0.2, 0.25) is 0 Å². The molecule has 0 amide bonds. The number of hydrogen-bond acceptors (Lipinski definition) is 3. The van der Waals surface area contributed by atoms with Crippen molar-refractivity contribution in [3.05, 3.63) is 57.3 Å². The number of hydrogen-bond donors (Lipinski definition) is 0. The first-order chi connectivity index (χ1) is 10.0. The summed E-state index contributed by atoms with van der Waals surface area (Å²) >= 11 is 3.38. The minimum atomic E-state index is -0.0494. The van der Waals surface area contributed by atoms with Crippen molar-refractivity contribution >= 4 is 26.8 Å². The minimum absolute atomic E-state index is 0.0494. The lowest BCUT2D eigenvalue weighted by Gasteiger charge is -2.06. The zero-order valence-electron chi connectivity index (χ0n) is 11.8. The van der Waals surface area contributed by atoms with E-state index < -0.39 is 0 Å². The molecule has 0 radical (unpaired) electrons.